The van der Waals surface area contributed by atoms with Gasteiger partial charge in [-0.3, -0.25) is 0 Å². The maximum absolute atomic E-state index is 3.33. The summed E-state index contributed by atoms with van der Waals surface area (Å²) >= 11 is 0. The van der Waals surface area contributed by atoms with Gasteiger partial charge in [0.25, 0.3) is 0 Å². The molecule has 1 heterocycles. The third kappa shape index (κ3) is 3.79. The summed E-state index contributed by atoms with van der Waals surface area (Å²) in [7, 11) is -10.9. The average molecular weight is 698 g/mol. The fourth-order valence-corrected chi connectivity index (χ4v) is 839. The highest BCUT2D eigenvalue weighted by Gasteiger charge is 2.93. The van der Waals surface area contributed by atoms with Crippen LogP contribution in [-0.2, 0) is 0 Å². The highest BCUT2D eigenvalue weighted by molar-refractivity contribution is 8.43. The van der Waals surface area contributed by atoms with Crippen LogP contribution in [0.15, 0.2) is 0 Å². The lowest BCUT2D eigenvalue weighted by atomic mass is 11.8. The van der Waals surface area contributed by atoms with Crippen molar-refractivity contribution >= 4 is 85.3 Å². The first-order valence-electron chi connectivity index (χ1n) is 15.0. The summed E-state index contributed by atoms with van der Waals surface area (Å²) in [5, 5.41) is 0. The van der Waals surface area contributed by atoms with Crippen LogP contribution in [-0.4, -0.2) is 85.3 Å². The van der Waals surface area contributed by atoms with Crippen molar-refractivity contribution in [3.05, 3.63) is 0 Å². The predicted molar refractivity (Wildman–Crippen MR) is 210 cm³/mol. The second kappa shape index (κ2) is 9.05. The molecule has 0 aliphatic carbocycles. The molecular weight excluding hydrogens is 625 g/mol. The molecule has 36 heavy (non-hydrogen) atoms. The Morgan fingerprint density at radius 1 is 0.306 bits per heavy atom. The molecule has 0 nitrogen and oxygen atoms in total. The molecular formula is C24H72Si12. The smallest absolute Gasteiger partial charge is 0.0324 e. The lowest BCUT2D eigenvalue weighted by Gasteiger charge is -2.72. The van der Waals surface area contributed by atoms with Crippen LogP contribution in [0.2, 0.25) is 157 Å². The molecule has 216 valence electrons. The molecule has 1 saturated heterocycles. The van der Waals surface area contributed by atoms with E-state index in [9.17, 15) is 0 Å². The largest absolute Gasteiger partial charge is 0.0756 e. The molecule has 2 atom stereocenters. The molecule has 0 radical (unpaired) electrons. The normalized spacial score (nSPS) is 30.0. The van der Waals surface area contributed by atoms with Crippen molar-refractivity contribution < 1.29 is 0 Å². The summed E-state index contributed by atoms with van der Waals surface area (Å²) in [5.41, 5.74) is 0. The third-order valence-corrected chi connectivity index (χ3v) is 390. The van der Waals surface area contributed by atoms with Gasteiger partial charge in [0.2, 0.25) is 0 Å². The quantitative estimate of drug-likeness (QED) is 0.233. The Morgan fingerprint density at radius 2 is 0.556 bits per heavy atom. The zero-order valence-electron chi connectivity index (χ0n) is 30.0. The maximum Gasteiger partial charge on any atom is 0.0324 e. The van der Waals surface area contributed by atoms with E-state index in [2.05, 4.69) is 157 Å². The average Bonchev–Trinajstić information content (AvgIpc) is 2.53. The third-order valence-electron chi connectivity index (χ3n) is 13.3. The van der Waals surface area contributed by atoms with Crippen molar-refractivity contribution in [2.45, 2.75) is 157 Å². The van der Waals surface area contributed by atoms with E-state index in [0.717, 1.165) is 0 Å². The van der Waals surface area contributed by atoms with Crippen LogP contribution in [0.3, 0.4) is 0 Å². The van der Waals surface area contributed by atoms with Crippen LogP contribution in [0.1, 0.15) is 0 Å². The first kappa shape index (κ1) is 36.6. The second-order valence-electron chi connectivity index (χ2n) is 20.5. The van der Waals surface area contributed by atoms with E-state index in [-0.39, 0.29) is 0 Å². The van der Waals surface area contributed by atoms with E-state index in [0.29, 0.717) is 0 Å². The van der Waals surface area contributed by atoms with E-state index >= 15 is 0 Å². The van der Waals surface area contributed by atoms with Gasteiger partial charge >= 0.3 is 0 Å². The molecule has 0 N–H and O–H groups in total. The standard InChI is InChI=1S/C24H72Si12/c1-25(2,3)33(23)31(19,20)34(24,32(21,22)36(33,29(13,14)15)30(16,17)18)35(26(4,5)6,27(7,8)9)28(10,11)12/h1-24H3/t33-,34+/m1/s1. The maximum atomic E-state index is 3.33. The first-order valence-corrected chi connectivity index (χ1v) is 63.0. The number of hydrogen-bond acceptors (Lipinski definition) is 0. The Hall–Kier alpha value is 2.60. The summed E-state index contributed by atoms with van der Waals surface area (Å²) in [5.74, 6) is 0. The Morgan fingerprint density at radius 3 is 0.694 bits per heavy atom. The Balaban J connectivity index is 4.99. The minimum atomic E-state index is -1.50. The van der Waals surface area contributed by atoms with Gasteiger partial charge in [-0.15, -0.1) is 0 Å². The van der Waals surface area contributed by atoms with Crippen LogP contribution in [0.4, 0.5) is 0 Å². The molecule has 12 heteroatoms. The lowest BCUT2D eigenvalue weighted by molar-refractivity contribution is 1.74. The predicted octanol–water partition coefficient (Wildman–Crippen LogP) is 9.44. The first-order chi connectivity index (χ1) is 15.0. The Kier molecular flexibility index (Phi) is 9.21. The van der Waals surface area contributed by atoms with Crippen molar-refractivity contribution in [1.29, 1.82) is 0 Å². The molecule has 0 spiro atoms. The Labute approximate surface area is 240 Å². The molecule has 0 aromatic carbocycles. The monoisotopic (exact) mass is 696 g/mol. The van der Waals surface area contributed by atoms with Gasteiger partial charge in [0.1, 0.15) is 0 Å². The number of rotatable bonds is 7. The molecule has 1 aliphatic heterocycles. The molecule has 0 saturated carbocycles. The zero-order chi connectivity index (χ0) is 30.0. The van der Waals surface area contributed by atoms with Gasteiger partial charge in [-0.25, -0.2) is 0 Å². The van der Waals surface area contributed by atoms with Crippen molar-refractivity contribution in [2.24, 2.45) is 0 Å². The van der Waals surface area contributed by atoms with Gasteiger partial charge in [0.05, 0.1) is 0 Å². The van der Waals surface area contributed by atoms with E-state index in [1.807, 2.05) is 0 Å². The molecule has 0 aromatic rings. The van der Waals surface area contributed by atoms with Crippen LogP contribution >= 0.6 is 0 Å². The van der Waals surface area contributed by atoms with Crippen LogP contribution in [0.25, 0.3) is 0 Å². The van der Waals surface area contributed by atoms with Gasteiger partial charge in [0.15, 0.2) is 0 Å². The summed E-state index contributed by atoms with van der Waals surface area (Å²) in [6.07, 6.45) is -2.89. The summed E-state index contributed by atoms with van der Waals surface area (Å²) < 4.78 is 0. The molecule has 1 aliphatic rings. The van der Waals surface area contributed by atoms with Gasteiger partial charge in [-0.1, -0.05) is 157 Å². The van der Waals surface area contributed by atoms with Crippen molar-refractivity contribution in [2.75, 3.05) is 0 Å². The van der Waals surface area contributed by atoms with Gasteiger partial charge in [0, 0.05) is 85.3 Å². The van der Waals surface area contributed by atoms with Crippen LogP contribution < -0.4 is 0 Å². The number of hydrogen-bond donors (Lipinski definition) is 0. The molecule has 1 fully saturated rings. The van der Waals surface area contributed by atoms with Crippen molar-refractivity contribution in [3.63, 3.8) is 0 Å². The molecule has 0 aromatic heterocycles. The van der Waals surface area contributed by atoms with Crippen LogP contribution in [0, 0.1) is 0 Å². The van der Waals surface area contributed by atoms with E-state index < -0.39 is 85.3 Å². The van der Waals surface area contributed by atoms with Crippen molar-refractivity contribution in [1.82, 2.24) is 0 Å². The summed E-state index contributed by atoms with van der Waals surface area (Å²) in [6, 6.07) is 0. The highest BCUT2D eigenvalue weighted by atomic mass is 30.6. The van der Waals surface area contributed by atoms with E-state index in [1.54, 1.807) is 0 Å². The second-order valence-corrected chi connectivity index (χ2v) is 170. The van der Waals surface area contributed by atoms with Gasteiger partial charge in [-0.05, 0) is 0 Å². The molecule has 0 amide bonds. The van der Waals surface area contributed by atoms with E-state index in [4.69, 9.17) is 0 Å². The highest BCUT2D eigenvalue weighted by Crippen LogP contribution is 2.64. The molecule has 0 unspecified atom stereocenters. The topological polar surface area (TPSA) is 0 Å². The van der Waals surface area contributed by atoms with Gasteiger partial charge < -0.3 is 0 Å². The van der Waals surface area contributed by atoms with Crippen molar-refractivity contribution in [3.8, 4) is 0 Å². The van der Waals surface area contributed by atoms with Crippen LogP contribution in [0.5, 0.6) is 0 Å². The SMILES string of the molecule is C[Si](C)(C)[Si]1([Si](C)(C)C)[Si](C)(C)[Si@@](C)([Si]([Si](C)(C)C)([Si](C)(C)C)[Si](C)(C)C)[Si](C)(C)[Si@@]1(C)[Si](C)(C)C. The van der Waals surface area contributed by atoms with Gasteiger partial charge in [-0.2, -0.15) is 0 Å². The zero-order valence-corrected chi connectivity index (χ0v) is 42.0. The summed E-state index contributed by atoms with van der Waals surface area (Å²) in [6.45, 7) is 70.1. The lowest BCUT2D eigenvalue weighted by Crippen LogP contribution is -3.03. The fraction of sp³-hybridized carbons (Fsp3) is 1.00. The Bertz CT molecular complexity index is 802. The molecule has 1 rings (SSSR count). The van der Waals surface area contributed by atoms with E-state index in [1.165, 1.54) is 0 Å². The fourth-order valence-electron chi connectivity index (χ4n) is 15.3. The minimum Gasteiger partial charge on any atom is -0.0756 e. The molecule has 0 bridgehead atoms. The minimum absolute atomic E-state index is 1.30. The summed E-state index contributed by atoms with van der Waals surface area (Å²) in [4.78, 5) is 0.